The zero-order chi connectivity index (χ0) is 20.5. The molecule has 3 heterocycles. The Morgan fingerprint density at radius 2 is 2.07 bits per heavy atom. The zero-order valence-electron chi connectivity index (χ0n) is 16.0. The van der Waals surface area contributed by atoms with Gasteiger partial charge in [0, 0.05) is 28.1 Å². The summed E-state index contributed by atoms with van der Waals surface area (Å²) in [6.45, 7) is 3.81. The third-order valence-corrected chi connectivity index (χ3v) is 6.72. The van der Waals surface area contributed by atoms with Crippen molar-refractivity contribution in [3.63, 3.8) is 0 Å². The first kappa shape index (κ1) is 20.2. The maximum absolute atomic E-state index is 12.5. The highest BCUT2D eigenvalue weighted by Gasteiger charge is 2.36. The monoisotopic (exact) mass is 476 g/mol. The summed E-state index contributed by atoms with van der Waals surface area (Å²) in [6, 6.07) is 5.44. The fraction of sp³-hybridized carbons (Fsp3) is 0.400. The van der Waals surface area contributed by atoms with Crippen LogP contribution >= 0.6 is 27.3 Å². The lowest BCUT2D eigenvalue weighted by Crippen LogP contribution is -2.37. The molecule has 1 N–H and O–H groups in total. The van der Waals surface area contributed by atoms with E-state index in [9.17, 15) is 14.4 Å². The van der Waals surface area contributed by atoms with E-state index in [4.69, 9.17) is 0 Å². The van der Waals surface area contributed by atoms with Crippen molar-refractivity contribution in [2.24, 2.45) is 0 Å². The first-order valence-corrected chi connectivity index (χ1v) is 11.2. The predicted molar refractivity (Wildman–Crippen MR) is 114 cm³/mol. The Hall–Kier alpha value is -2.10. The number of halogens is 1. The minimum absolute atomic E-state index is 0.310. The number of imide groups is 1. The van der Waals surface area contributed by atoms with Gasteiger partial charge in [0.2, 0.25) is 5.91 Å². The molecule has 7 nitrogen and oxygen atoms in total. The van der Waals surface area contributed by atoms with E-state index in [0.29, 0.717) is 26.8 Å². The molecule has 2 aromatic rings. The summed E-state index contributed by atoms with van der Waals surface area (Å²) >= 11 is 4.72. The Bertz CT molecular complexity index is 976. The van der Waals surface area contributed by atoms with Crippen LogP contribution in [0.15, 0.2) is 28.9 Å². The van der Waals surface area contributed by atoms with Gasteiger partial charge in [0.25, 0.3) is 11.8 Å². The highest BCUT2D eigenvalue weighted by atomic mass is 79.9. The summed E-state index contributed by atoms with van der Waals surface area (Å²) in [4.78, 5) is 46.1. The first-order chi connectivity index (χ1) is 13.9. The molecule has 0 spiro atoms. The normalized spacial score (nSPS) is 19.5. The van der Waals surface area contributed by atoms with E-state index in [1.807, 2.05) is 0 Å². The number of nitrogens with zero attached hydrogens (tertiary/aromatic N) is 3. The number of piperidine rings is 1. The molecule has 1 aromatic heterocycles. The molecule has 0 aliphatic carbocycles. The molecule has 152 valence electrons. The number of anilines is 1. The van der Waals surface area contributed by atoms with Crippen LogP contribution in [-0.2, 0) is 11.3 Å². The van der Waals surface area contributed by atoms with Crippen LogP contribution in [0.4, 0.5) is 5.13 Å². The molecule has 3 amide bonds. The Morgan fingerprint density at radius 3 is 2.86 bits per heavy atom. The number of rotatable bonds is 5. The number of amides is 3. The van der Waals surface area contributed by atoms with Crippen molar-refractivity contribution in [2.45, 2.75) is 38.8 Å². The van der Waals surface area contributed by atoms with E-state index >= 15 is 0 Å². The lowest BCUT2D eigenvalue weighted by Gasteiger charge is -2.32. The fourth-order valence-corrected chi connectivity index (χ4v) is 4.96. The number of thiazole rings is 1. The lowest BCUT2D eigenvalue weighted by atomic mass is 10.0. The van der Waals surface area contributed by atoms with Gasteiger partial charge in [-0.25, -0.2) is 4.98 Å². The van der Waals surface area contributed by atoms with Gasteiger partial charge in [-0.15, -0.1) is 11.3 Å². The van der Waals surface area contributed by atoms with Crippen molar-refractivity contribution in [3.8, 4) is 0 Å². The Morgan fingerprint density at radius 1 is 1.28 bits per heavy atom. The largest absolute Gasteiger partial charge is 0.300 e. The molecule has 2 aliphatic rings. The maximum Gasteiger partial charge on any atom is 0.262 e. The molecule has 1 aromatic carbocycles. The number of hydrogen-bond donors (Lipinski definition) is 1. The van der Waals surface area contributed by atoms with Crippen molar-refractivity contribution in [3.05, 3.63) is 44.9 Å². The topological polar surface area (TPSA) is 82.6 Å². The highest BCUT2D eigenvalue weighted by Crippen LogP contribution is 2.27. The zero-order valence-corrected chi connectivity index (χ0v) is 18.4. The smallest absolute Gasteiger partial charge is 0.262 e. The third kappa shape index (κ3) is 4.26. The third-order valence-electron chi connectivity index (χ3n) is 5.33. The molecule has 1 saturated heterocycles. The number of nitrogens with one attached hydrogen (secondary N) is 1. The van der Waals surface area contributed by atoms with E-state index in [0.717, 1.165) is 22.9 Å². The average molecular weight is 477 g/mol. The number of hydrogen-bond acceptors (Lipinski definition) is 6. The molecule has 0 bridgehead atoms. The van der Waals surface area contributed by atoms with Crippen molar-refractivity contribution < 1.29 is 14.4 Å². The summed E-state index contributed by atoms with van der Waals surface area (Å²) in [7, 11) is 0. The molecule has 0 saturated carbocycles. The van der Waals surface area contributed by atoms with Gasteiger partial charge in [-0.05, 0) is 44.5 Å². The Kier molecular flexibility index (Phi) is 5.80. The van der Waals surface area contributed by atoms with Crippen LogP contribution < -0.4 is 5.32 Å². The van der Waals surface area contributed by atoms with E-state index < -0.39 is 17.7 Å². The second kappa shape index (κ2) is 8.33. The van der Waals surface area contributed by atoms with E-state index in [-0.39, 0.29) is 6.54 Å². The first-order valence-electron chi connectivity index (χ1n) is 9.56. The molecule has 0 radical (unpaired) electrons. The maximum atomic E-state index is 12.5. The summed E-state index contributed by atoms with van der Waals surface area (Å²) in [6.07, 6.45) is 5.47. The lowest BCUT2D eigenvalue weighted by molar-refractivity contribution is -0.116. The van der Waals surface area contributed by atoms with Gasteiger partial charge in [-0.3, -0.25) is 24.2 Å². The van der Waals surface area contributed by atoms with Crippen molar-refractivity contribution in [2.75, 3.05) is 18.4 Å². The predicted octanol–water partition coefficient (Wildman–Crippen LogP) is 3.51. The van der Waals surface area contributed by atoms with Crippen LogP contribution in [-0.4, -0.2) is 51.6 Å². The molecule has 2 aliphatic heterocycles. The molecule has 4 rings (SSSR count). The van der Waals surface area contributed by atoms with Crippen LogP contribution in [0.3, 0.4) is 0 Å². The highest BCUT2D eigenvalue weighted by molar-refractivity contribution is 9.10. The Balaban J connectivity index is 1.36. The summed E-state index contributed by atoms with van der Waals surface area (Å²) in [5.41, 5.74) is 0.627. The molecular weight excluding hydrogens is 456 g/mol. The standard InChI is InChI=1S/C20H21BrN4O3S/c1-12-4-2-3-7-24(12)10-14-9-22-20(29-14)23-17(26)11-25-18(27)15-6-5-13(21)8-16(15)19(25)28/h5-6,8-9,12H,2-4,7,10-11H2,1H3,(H,22,23,26). The van der Waals surface area contributed by atoms with Crippen molar-refractivity contribution in [1.29, 1.82) is 0 Å². The van der Waals surface area contributed by atoms with Crippen LogP contribution in [0.2, 0.25) is 0 Å². The van der Waals surface area contributed by atoms with Gasteiger partial charge in [0.15, 0.2) is 5.13 Å². The Labute approximate surface area is 181 Å². The van der Waals surface area contributed by atoms with Crippen LogP contribution in [0, 0.1) is 0 Å². The van der Waals surface area contributed by atoms with Gasteiger partial charge in [0.05, 0.1) is 11.1 Å². The second-order valence-corrected chi connectivity index (χ2v) is 9.41. The molecular formula is C20H21BrN4O3S. The van der Waals surface area contributed by atoms with E-state index in [2.05, 4.69) is 38.1 Å². The summed E-state index contributed by atoms with van der Waals surface area (Å²) in [5.74, 6) is -1.35. The number of carbonyl (C=O) groups excluding carboxylic acids is 3. The minimum atomic E-state index is -0.458. The average Bonchev–Trinajstić information content (AvgIpc) is 3.21. The minimum Gasteiger partial charge on any atom is -0.300 e. The fourth-order valence-electron chi connectivity index (χ4n) is 3.74. The number of aromatic nitrogens is 1. The molecule has 1 fully saturated rings. The summed E-state index contributed by atoms with van der Waals surface area (Å²) < 4.78 is 0.710. The van der Waals surface area contributed by atoms with Gasteiger partial charge in [-0.1, -0.05) is 22.4 Å². The van der Waals surface area contributed by atoms with Gasteiger partial charge in [0.1, 0.15) is 6.54 Å². The number of carbonyl (C=O) groups is 3. The quantitative estimate of drug-likeness (QED) is 0.667. The van der Waals surface area contributed by atoms with Gasteiger partial charge >= 0.3 is 0 Å². The second-order valence-electron chi connectivity index (χ2n) is 7.38. The van der Waals surface area contributed by atoms with E-state index in [1.165, 1.54) is 30.6 Å². The van der Waals surface area contributed by atoms with Crippen LogP contribution in [0.1, 0.15) is 51.8 Å². The van der Waals surface area contributed by atoms with Crippen LogP contribution in [0.5, 0.6) is 0 Å². The van der Waals surface area contributed by atoms with Gasteiger partial charge in [-0.2, -0.15) is 0 Å². The molecule has 1 atom stereocenters. The van der Waals surface area contributed by atoms with Crippen LogP contribution in [0.25, 0.3) is 0 Å². The summed E-state index contributed by atoms with van der Waals surface area (Å²) in [5, 5.41) is 3.19. The number of likely N-dealkylation sites (tertiary alicyclic amines) is 1. The molecule has 29 heavy (non-hydrogen) atoms. The SMILES string of the molecule is CC1CCCCN1Cc1cnc(NC(=O)CN2C(=O)c3ccc(Br)cc3C2=O)s1. The number of fused-ring (bicyclic) bond motifs is 1. The molecule has 1 unspecified atom stereocenters. The van der Waals surface area contributed by atoms with Crippen molar-refractivity contribution >= 4 is 50.1 Å². The van der Waals surface area contributed by atoms with E-state index in [1.54, 1.807) is 24.4 Å². The van der Waals surface area contributed by atoms with Crippen molar-refractivity contribution in [1.82, 2.24) is 14.8 Å². The number of benzene rings is 1. The molecule has 9 heteroatoms. The van der Waals surface area contributed by atoms with Gasteiger partial charge < -0.3 is 5.32 Å².